The maximum atomic E-state index is 12.1. The number of nitrogens with zero attached hydrogens (tertiary/aromatic N) is 1. The number of rotatable bonds is 3. The first-order valence-corrected chi connectivity index (χ1v) is 8.99. The van der Waals surface area contributed by atoms with E-state index in [-0.39, 0.29) is 4.90 Å². The quantitative estimate of drug-likeness (QED) is 0.825. The molecule has 0 aromatic carbocycles. The van der Waals surface area contributed by atoms with Crippen LogP contribution < -0.4 is 4.72 Å². The Bertz CT molecular complexity index is 648. The summed E-state index contributed by atoms with van der Waals surface area (Å²) in [6.45, 7) is 1.77. The van der Waals surface area contributed by atoms with Crippen molar-refractivity contribution in [3.63, 3.8) is 0 Å². The van der Waals surface area contributed by atoms with Crippen molar-refractivity contribution in [1.82, 2.24) is 4.98 Å². The molecule has 2 rings (SSSR count). The maximum Gasteiger partial charge on any atom is 0.264 e. The van der Waals surface area contributed by atoms with Crippen LogP contribution in [-0.2, 0) is 10.0 Å². The summed E-state index contributed by atoms with van der Waals surface area (Å²) in [5, 5.41) is 0.346. The van der Waals surface area contributed by atoms with E-state index in [0.29, 0.717) is 5.13 Å². The fourth-order valence-electron chi connectivity index (χ4n) is 1.17. The van der Waals surface area contributed by atoms with Gasteiger partial charge in [0, 0.05) is 4.88 Å². The molecule has 2 aromatic rings. The molecular weight excluding hydrogens is 412 g/mol. The van der Waals surface area contributed by atoms with Gasteiger partial charge in [-0.1, -0.05) is 11.3 Å². The minimum absolute atomic E-state index is 0.278. The maximum absolute atomic E-state index is 12.1. The van der Waals surface area contributed by atoms with E-state index in [1.54, 1.807) is 19.2 Å². The Kier molecular flexibility index (Phi) is 3.93. The van der Waals surface area contributed by atoms with Crippen molar-refractivity contribution in [1.29, 1.82) is 0 Å². The van der Waals surface area contributed by atoms with Crippen LogP contribution in [0.5, 0.6) is 0 Å². The molecule has 0 unspecified atom stereocenters. The molecule has 0 saturated carbocycles. The highest BCUT2D eigenvalue weighted by molar-refractivity contribution is 9.11. The van der Waals surface area contributed by atoms with Gasteiger partial charge in [-0.25, -0.2) is 13.4 Å². The van der Waals surface area contributed by atoms with Crippen molar-refractivity contribution >= 4 is 69.7 Å². The number of thiophene rings is 1. The standard InChI is InChI=1S/C8H6Br2N2O2S3/c1-4-5(2-6(9)15-4)17(13,14)12-8-11-3-7(10)16-8/h2-3H,1H3,(H,11,12). The number of halogens is 2. The molecule has 0 radical (unpaired) electrons. The van der Waals surface area contributed by atoms with Crippen LogP contribution >= 0.6 is 54.5 Å². The highest BCUT2D eigenvalue weighted by Crippen LogP contribution is 2.32. The number of hydrogen-bond donors (Lipinski definition) is 1. The van der Waals surface area contributed by atoms with Gasteiger partial charge >= 0.3 is 0 Å². The molecule has 2 heterocycles. The Morgan fingerprint density at radius 1 is 1.29 bits per heavy atom. The number of hydrogen-bond acceptors (Lipinski definition) is 5. The third-order valence-corrected chi connectivity index (χ3v) is 6.50. The first-order chi connectivity index (χ1) is 7.88. The van der Waals surface area contributed by atoms with Crippen molar-refractivity contribution in [3.8, 4) is 0 Å². The van der Waals surface area contributed by atoms with E-state index >= 15 is 0 Å². The fourth-order valence-corrected chi connectivity index (χ4v) is 5.93. The fraction of sp³-hybridized carbons (Fsp3) is 0.125. The molecule has 0 amide bonds. The van der Waals surface area contributed by atoms with Crippen molar-refractivity contribution < 1.29 is 8.42 Å². The topological polar surface area (TPSA) is 59.1 Å². The highest BCUT2D eigenvalue weighted by Gasteiger charge is 2.20. The molecule has 0 aliphatic rings. The zero-order valence-corrected chi connectivity index (χ0v) is 14.0. The van der Waals surface area contributed by atoms with Crippen molar-refractivity contribution in [2.45, 2.75) is 11.8 Å². The summed E-state index contributed by atoms with van der Waals surface area (Å²) in [4.78, 5) is 4.95. The van der Waals surface area contributed by atoms with Crippen LogP contribution in [0.15, 0.2) is 24.7 Å². The molecule has 1 N–H and O–H groups in total. The second-order valence-corrected chi connectivity index (χ2v) is 9.74. The molecule has 0 saturated heterocycles. The Morgan fingerprint density at radius 2 is 2.00 bits per heavy atom. The van der Waals surface area contributed by atoms with Crippen molar-refractivity contribution in [3.05, 3.63) is 24.7 Å². The molecule has 2 aromatic heterocycles. The van der Waals surface area contributed by atoms with E-state index in [4.69, 9.17) is 0 Å². The first kappa shape index (κ1) is 13.5. The largest absolute Gasteiger partial charge is 0.264 e. The summed E-state index contributed by atoms with van der Waals surface area (Å²) in [5.74, 6) is 0. The summed E-state index contributed by atoms with van der Waals surface area (Å²) in [5.41, 5.74) is 0. The normalized spacial score (nSPS) is 11.7. The van der Waals surface area contributed by atoms with E-state index in [1.165, 1.54) is 22.7 Å². The molecule has 0 aliphatic heterocycles. The van der Waals surface area contributed by atoms with E-state index in [9.17, 15) is 8.42 Å². The van der Waals surface area contributed by atoms with Crippen LogP contribution in [0.25, 0.3) is 0 Å². The van der Waals surface area contributed by atoms with E-state index in [2.05, 4.69) is 41.6 Å². The van der Waals surface area contributed by atoms with Crippen LogP contribution in [-0.4, -0.2) is 13.4 Å². The lowest BCUT2D eigenvalue weighted by Gasteiger charge is -2.03. The number of thiazole rings is 1. The summed E-state index contributed by atoms with van der Waals surface area (Å²) in [7, 11) is -3.55. The van der Waals surface area contributed by atoms with Gasteiger partial charge in [-0.15, -0.1) is 11.3 Å². The van der Waals surface area contributed by atoms with Gasteiger partial charge in [-0.2, -0.15) is 0 Å². The van der Waals surface area contributed by atoms with Gasteiger partial charge in [0.15, 0.2) is 5.13 Å². The second kappa shape index (κ2) is 4.96. The number of anilines is 1. The third-order valence-electron chi connectivity index (χ3n) is 1.83. The number of sulfonamides is 1. The zero-order valence-electron chi connectivity index (χ0n) is 8.40. The van der Waals surface area contributed by atoms with Gasteiger partial charge in [-0.3, -0.25) is 4.72 Å². The van der Waals surface area contributed by atoms with Gasteiger partial charge in [-0.05, 0) is 44.8 Å². The molecule has 0 aliphatic carbocycles. The summed E-state index contributed by atoms with van der Waals surface area (Å²) < 4.78 is 28.2. The van der Waals surface area contributed by atoms with E-state index < -0.39 is 10.0 Å². The summed E-state index contributed by atoms with van der Waals surface area (Å²) >= 11 is 9.11. The second-order valence-electron chi connectivity index (χ2n) is 3.05. The SMILES string of the molecule is Cc1sc(Br)cc1S(=O)(=O)Nc1ncc(Br)s1. The number of nitrogens with one attached hydrogen (secondary N) is 1. The Hall–Kier alpha value is 0.0400. The van der Waals surface area contributed by atoms with Crippen LogP contribution in [0.4, 0.5) is 5.13 Å². The molecule has 0 spiro atoms. The minimum Gasteiger partial charge on any atom is -0.255 e. The molecule has 9 heteroatoms. The number of aryl methyl sites for hydroxylation is 1. The summed E-state index contributed by atoms with van der Waals surface area (Å²) in [6, 6.07) is 1.59. The zero-order chi connectivity index (χ0) is 12.6. The van der Waals surface area contributed by atoms with E-state index in [0.717, 1.165) is 12.4 Å². The average molecular weight is 418 g/mol. The minimum atomic E-state index is -3.55. The van der Waals surface area contributed by atoms with Crippen LogP contribution in [0, 0.1) is 6.92 Å². The lowest BCUT2D eigenvalue weighted by atomic mass is 10.5. The van der Waals surface area contributed by atoms with Crippen LogP contribution in [0.1, 0.15) is 4.88 Å². The van der Waals surface area contributed by atoms with Crippen LogP contribution in [0.3, 0.4) is 0 Å². The van der Waals surface area contributed by atoms with E-state index in [1.807, 2.05) is 0 Å². The molecule has 0 bridgehead atoms. The molecule has 92 valence electrons. The Morgan fingerprint density at radius 3 is 2.47 bits per heavy atom. The smallest absolute Gasteiger partial charge is 0.255 e. The monoisotopic (exact) mass is 416 g/mol. The summed E-state index contributed by atoms with van der Waals surface area (Å²) in [6.07, 6.45) is 1.55. The van der Waals surface area contributed by atoms with Gasteiger partial charge < -0.3 is 0 Å². The Balaban J connectivity index is 2.34. The van der Waals surface area contributed by atoms with Gasteiger partial charge in [0.05, 0.1) is 13.8 Å². The highest BCUT2D eigenvalue weighted by atomic mass is 79.9. The molecule has 4 nitrogen and oxygen atoms in total. The molecular formula is C8H6Br2N2O2S3. The first-order valence-electron chi connectivity index (χ1n) is 4.28. The molecule has 0 fully saturated rings. The van der Waals surface area contributed by atoms with Crippen molar-refractivity contribution in [2.24, 2.45) is 0 Å². The molecule has 0 atom stereocenters. The predicted molar refractivity (Wildman–Crippen MR) is 77.4 cm³/mol. The number of aromatic nitrogens is 1. The third kappa shape index (κ3) is 3.08. The Labute approximate surface area is 123 Å². The van der Waals surface area contributed by atoms with Gasteiger partial charge in [0.1, 0.15) is 4.90 Å². The lowest BCUT2D eigenvalue weighted by molar-refractivity contribution is 0.601. The van der Waals surface area contributed by atoms with Crippen LogP contribution in [0.2, 0.25) is 0 Å². The van der Waals surface area contributed by atoms with Gasteiger partial charge in [0.25, 0.3) is 10.0 Å². The van der Waals surface area contributed by atoms with Crippen molar-refractivity contribution in [2.75, 3.05) is 4.72 Å². The predicted octanol–water partition coefficient (Wildman–Crippen LogP) is 3.84. The van der Waals surface area contributed by atoms with Gasteiger partial charge in [0.2, 0.25) is 0 Å². The molecule has 17 heavy (non-hydrogen) atoms. The lowest BCUT2D eigenvalue weighted by Crippen LogP contribution is -2.12. The average Bonchev–Trinajstić information content (AvgIpc) is 2.72.